The molecule has 0 aromatic heterocycles. The molecule has 0 aliphatic carbocycles. The summed E-state index contributed by atoms with van der Waals surface area (Å²) in [6.45, 7) is 4.12. The van der Waals surface area contributed by atoms with Crippen LogP contribution < -0.4 is 0 Å². The third-order valence-corrected chi connectivity index (χ3v) is 1.76. The zero-order chi connectivity index (χ0) is 12.2. The maximum Gasteiger partial charge on any atom is 0.332 e. The molecule has 0 saturated heterocycles. The van der Waals surface area contributed by atoms with Crippen molar-refractivity contribution in [3.8, 4) is 0 Å². The Bertz CT molecular complexity index is 203. The van der Waals surface area contributed by atoms with Gasteiger partial charge in [-0.15, -0.1) is 0 Å². The molecule has 0 spiro atoms. The van der Waals surface area contributed by atoms with Gasteiger partial charge in [-0.2, -0.15) is 0 Å². The molecule has 0 fully saturated rings. The number of esters is 2. The van der Waals surface area contributed by atoms with Crippen molar-refractivity contribution in [1.29, 1.82) is 0 Å². The van der Waals surface area contributed by atoms with Gasteiger partial charge in [0.2, 0.25) is 0 Å². The highest BCUT2D eigenvalue weighted by Gasteiger charge is 2.02. The summed E-state index contributed by atoms with van der Waals surface area (Å²) in [5, 5.41) is 0. The van der Waals surface area contributed by atoms with Crippen molar-refractivity contribution in [2.45, 2.75) is 33.1 Å². The van der Waals surface area contributed by atoms with E-state index >= 15 is 0 Å². The molecule has 16 heavy (non-hydrogen) atoms. The van der Waals surface area contributed by atoms with Crippen molar-refractivity contribution < 1.29 is 23.8 Å². The molecule has 0 N–H and O–H groups in total. The summed E-state index contributed by atoms with van der Waals surface area (Å²) >= 11 is 0. The molecule has 0 bridgehead atoms. The second-order valence-electron chi connectivity index (χ2n) is 3.32. The van der Waals surface area contributed by atoms with Gasteiger partial charge >= 0.3 is 11.9 Å². The first kappa shape index (κ1) is 14.9. The first-order valence-corrected chi connectivity index (χ1v) is 5.53. The smallest absolute Gasteiger partial charge is 0.332 e. The molecular formula is C11H20O5. The van der Waals surface area contributed by atoms with Crippen molar-refractivity contribution in [1.82, 2.24) is 0 Å². The van der Waals surface area contributed by atoms with Crippen LogP contribution in [0.5, 0.6) is 0 Å². The average molecular weight is 232 g/mol. The van der Waals surface area contributed by atoms with E-state index in [4.69, 9.17) is 9.47 Å². The monoisotopic (exact) mass is 232 g/mol. The highest BCUT2D eigenvalue weighted by Crippen LogP contribution is 1.94. The Morgan fingerprint density at radius 2 is 1.69 bits per heavy atom. The zero-order valence-corrected chi connectivity index (χ0v) is 9.99. The molecule has 0 atom stereocenters. The highest BCUT2D eigenvalue weighted by atomic mass is 16.6. The Kier molecular flexibility index (Phi) is 9.70. The van der Waals surface area contributed by atoms with Crippen LogP contribution in [0.2, 0.25) is 0 Å². The normalized spacial score (nSPS) is 9.88. The number of ether oxygens (including phenoxy) is 3. The molecule has 0 unspecified atom stereocenters. The lowest BCUT2D eigenvalue weighted by Crippen LogP contribution is -2.17. The van der Waals surface area contributed by atoms with Gasteiger partial charge in [0.25, 0.3) is 0 Å². The minimum absolute atomic E-state index is 0.0379. The molecule has 0 amide bonds. The van der Waals surface area contributed by atoms with E-state index in [-0.39, 0.29) is 25.8 Å². The van der Waals surface area contributed by atoms with Gasteiger partial charge in [-0.1, -0.05) is 19.8 Å². The predicted octanol–water partition coefficient (Wildman–Crippen LogP) is 1.30. The Morgan fingerprint density at radius 1 is 1.00 bits per heavy atom. The quantitative estimate of drug-likeness (QED) is 0.443. The number of hydrogen-bond donors (Lipinski definition) is 0. The fourth-order valence-corrected chi connectivity index (χ4v) is 0.992. The average Bonchev–Trinajstić information content (AvgIpc) is 2.24. The zero-order valence-electron chi connectivity index (χ0n) is 9.99. The largest absolute Gasteiger partial charge is 0.462 e. The van der Waals surface area contributed by atoms with Gasteiger partial charge in [0, 0.05) is 13.5 Å². The second-order valence-corrected chi connectivity index (χ2v) is 3.32. The molecular weight excluding hydrogens is 212 g/mol. The Labute approximate surface area is 96.1 Å². The molecule has 5 heteroatoms. The summed E-state index contributed by atoms with van der Waals surface area (Å²) in [4.78, 5) is 21.4. The van der Waals surface area contributed by atoms with E-state index in [2.05, 4.69) is 11.7 Å². The van der Waals surface area contributed by atoms with E-state index in [1.807, 2.05) is 0 Å². The number of carbonyl (C=O) groups excluding carboxylic acids is 2. The minimum atomic E-state index is -0.427. The number of carbonyl (C=O) groups is 2. The van der Waals surface area contributed by atoms with E-state index in [9.17, 15) is 9.59 Å². The molecule has 0 aromatic carbocycles. The maximum atomic E-state index is 11.0. The number of unbranched alkanes of at least 4 members (excludes halogenated alkanes) is 2. The molecule has 0 rings (SSSR count). The third kappa shape index (κ3) is 11.0. The summed E-state index contributed by atoms with van der Waals surface area (Å²) in [6, 6.07) is 0. The molecule has 0 aromatic rings. The standard InChI is InChI=1S/C11H20O5/c1-3-4-5-6-14-9-11(13)16-8-7-15-10(2)12/h3-9H2,1-2H3. The molecule has 0 radical (unpaired) electrons. The second kappa shape index (κ2) is 10.4. The lowest BCUT2D eigenvalue weighted by molar-refractivity contribution is -0.154. The van der Waals surface area contributed by atoms with Gasteiger partial charge in [0.1, 0.15) is 19.8 Å². The summed E-state index contributed by atoms with van der Waals surface area (Å²) in [7, 11) is 0. The maximum absolute atomic E-state index is 11.0. The van der Waals surface area contributed by atoms with Crippen LogP contribution in [0, 0.1) is 0 Å². The van der Waals surface area contributed by atoms with Gasteiger partial charge in [-0.05, 0) is 6.42 Å². The molecule has 0 aliphatic rings. The topological polar surface area (TPSA) is 61.8 Å². The fraction of sp³-hybridized carbons (Fsp3) is 0.818. The van der Waals surface area contributed by atoms with Crippen LogP contribution in [0.4, 0.5) is 0 Å². The van der Waals surface area contributed by atoms with Crippen molar-refractivity contribution >= 4 is 11.9 Å². The van der Waals surface area contributed by atoms with Crippen molar-refractivity contribution in [2.75, 3.05) is 26.4 Å². The van der Waals surface area contributed by atoms with Crippen LogP contribution in [0.3, 0.4) is 0 Å². The number of rotatable bonds is 9. The Morgan fingerprint density at radius 3 is 2.31 bits per heavy atom. The predicted molar refractivity (Wildman–Crippen MR) is 57.9 cm³/mol. The Hall–Kier alpha value is -1.10. The summed E-state index contributed by atoms with van der Waals surface area (Å²) in [6.07, 6.45) is 3.18. The van der Waals surface area contributed by atoms with Crippen LogP contribution >= 0.6 is 0 Å². The van der Waals surface area contributed by atoms with Crippen LogP contribution in [0.1, 0.15) is 33.1 Å². The molecule has 0 aliphatic heterocycles. The summed E-state index contributed by atoms with van der Waals surface area (Å²) in [5.74, 6) is -0.810. The van der Waals surface area contributed by atoms with Gasteiger partial charge in [0.05, 0.1) is 0 Å². The summed E-state index contributed by atoms with van der Waals surface area (Å²) in [5.41, 5.74) is 0. The summed E-state index contributed by atoms with van der Waals surface area (Å²) < 4.78 is 14.4. The molecule has 0 heterocycles. The SMILES string of the molecule is CCCCCOCC(=O)OCCOC(C)=O. The van der Waals surface area contributed by atoms with E-state index in [1.165, 1.54) is 6.92 Å². The van der Waals surface area contributed by atoms with Gasteiger partial charge in [-0.3, -0.25) is 4.79 Å². The van der Waals surface area contributed by atoms with E-state index < -0.39 is 5.97 Å². The lowest BCUT2D eigenvalue weighted by Gasteiger charge is -2.05. The molecule has 5 nitrogen and oxygen atoms in total. The number of hydrogen-bond acceptors (Lipinski definition) is 5. The van der Waals surface area contributed by atoms with Gasteiger partial charge in [0.15, 0.2) is 0 Å². The van der Waals surface area contributed by atoms with E-state index in [0.29, 0.717) is 6.61 Å². The third-order valence-electron chi connectivity index (χ3n) is 1.76. The highest BCUT2D eigenvalue weighted by molar-refractivity contribution is 5.70. The van der Waals surface area contributed by atoms with Crippen LogP contribution in [0.25, 0.3) is 0 Å². The van der Waals surface area contributed by atoms with Gasteiger partial charge in [-0.25, -0.2) is 4.79 Å². The molecule has 0 saturated carbocycles. The van der Waals surface area contributed by atoms with Gasteiger partial charge < -0.3 is 14.2 Å². The minimum Gasteiger partial charge on any atom is -0.462 e. The molecule has 94 valence electrons. The van der Waals surface area contributed by atoms with E-state index in [0.717, 1.165) is 19.3 Å². The van der Waals surface area contributed by atoms with Crippen molar-refractivity contribution in [3.63, 3.8) is 0 Å². The first-order chi connectivity index (χ1) is 7.66. The van der Waals surface area contributed by atoms with Crippen molar-refractivity contribution in [2.24, 2.45) is 0 Å². The lowest BCUT2D eigenvalue weighted by atomic mass is 10.3. The Balaban J connectivity index is 3.21. The van der Waals surface area contributed by atoms with E-state index in [1.54, 1.807) is 0 Å². The fourth-order valence-electron chi connectivity index (χ4n) is 0.992. The van der Waals surface area contributed by atoms with Crippen molar-refractivity contribution in [3.05, 3.63) is 0 Å². The van der Waals surface area contributed by atoms with Crippen LogP contribution in [-0.4, -0.2) is 38.4 Å². The first-order valence-electron chi connectivity index (χ1n) is 5.53. The van der Waals surface area contributed by atoms with Crippen LogP contribution in [0.15, 0.2) is 0 Å². The van der Waals surface area contributed by atoms with Crippen LogP contribution in [-0.2, 0) is 23.8 Å².